The van der Waals surface area contributed by atoms with Crippen molar-refractivity contribution in [1.29, 1.82) is 0 Å². The first-order valence-corrected chi connectivity index (χ1v) is 7.02. The van der Waals surface area contributed by atoms with Gasteiger partial charge in [-0.25, -0.2) is 4.98 Å². The molecular formula is C15H18N4OS. The van der Waals surface area contributed by atoms with Crippen molar-refractivity contribution in [3.8, 4) is 5.75 Å². The van der Waals surface area contributed by atoms with Gasteiger partial charge in [0.15, 0.2) is 0 Å². The Morgan fingerprint density at radius 1 is 1.33 bits per heavy atom. The molecule has 0 aliphatic heterocycles. The molecule has 2 rings (SSSR count). The fourth-order valence-corrected chi connectivity index (χ4v) is 2.00. The van der Waals surface area contributed by atoms with Crippen LogP contribution in [-0.2, 0) is 6.54 Å². The van der Waals surface area contributed by atoms with E-state index in [1.165, 1.54) is 0 Å². The molecule has 0 aliphatic rings. The number of hydrogen-bond acceptors (Lipinski definition) is 5. The van der Waals surface area contributed by atoms with E-state index in [1.807, 2.05) is 30.5 Å². The minimum Gasteiger partial charge on any atom is -0.495 e. The van der Waals surface area contributed by atoms with Crippen LogP contribution in [0, 0.1) is 0 Å². The highest BCUT2D eigenvalue weighted by Gasteiger charge is 2.09. The van der Waals surface area contributed by atoms with E-state index in [0.29, 0.717) is 24.5 Å². The van der Waals surface area contributed by atoms with Crippen LogP contribution < -0.4 is 15.4 Å². The van der Waals surface area contributed by atoms with E-state index in [-0.39, 0.29) is 0 Å². The molecule has 0 atom stereocenters. The van der Waals surface area contributed by atoms with E-state index in [1.54, 1.807) is 19.5 Å². The lowest BCUT2D eigenvalue weighted by Crippen LogP contribution is -2.27. The lowest BCUT2D eigenvalue weighted by atomic mass is 10.2. The Labute approximate surface area is 129 Å². The van der Waals surface area contributed by atoms with E-state index in [9.17, 15) is 0 Å². The summed E-state index contributed by atoms with van der Waals surface area (Å²) in [5, 5.41) is 0. The summed E-state index contributed by atoms with van der Waals surface area (Å²) in [5.41, 5.74) is 6.72. The van der Waals surface area contributed by atoms with Crippen LogP contribution >= 0.6 is 12.2 Å². The Hall–Kier alpha value is -2.21. The van der Waals surface area contributed by atoms with Crippen molar-refractivity contribution >= 4 is 23.0 Å². The lowest BCUT2D eigenvalue weighted by Gasteiger charge is -2.23. The van der Waals surface area contributed by atoms with Crippen LogP contribution in [0.1, 0.15) is 12.0 Å². The molecule has 0 saturated carbocycles. The SMILES string of the molecule is COc1ccc(N(CCC(N)=S)Cc2cccnc2)nc1. The van der Waals surface area contributed by atoms with Gasteiger partial charge in [0, 0.05) is 31.9 Å². The summed E-state index contributed by atoms with van der Waals surface area (Å²) in [4.78, 5) is 11.2. The quantitative estimate of drug-likeness (QED) is 0.791. The first-order chi connectivity index (χ1) is 10.2. The summed E-state index contributed by atoms with van der Waals surface area (Å²) in [5.74, 6) is 1.59. The van der Waals surface area contributed by atoms with E-state index in [2.05, 4.69) is 14.9 Å². The largest absolute Gasteiger partial charge is 0.495 e. The van der Waals surface area contributed by atoms with Gasteiger partial charge in [0.1, 0.15) is 11.6 Å². The van der Waals surface area contributed by atoms with Crippen molar-refractivity contribution in [3.63, 3.8) is 0 Å². The van der Waals surface area contributed by atoms with Crippen LogP contribution in [-0.4, -0.2) is 28.6 Å². The van der Waals surface area contributed by atoms with Crippen LogP contribution in [0.5, 0.6) is 5.75 Å². The van der Waals surface area contributed by atoms with Crippen molar-refractivity contribution in [3.05, 3.63) is 48.4 Å². The minimum atomic E-state index is 0.500. The number of anilines is 1. The van der Waals surface area contributed by atoms with E-state index in [4.69, 9.17) is 22.7 Å². The fourth-order valence-electron chi connectivity index (χ4n) is 1.91. The molecule has 0 radical (unpaired) electrons. The first-order valence-electron chi connectivity index (χ1n) is 6.61. The molecule has 0 bridgehead atoms. The van der Waals surface area contributed by atoms with Gasteiger partial charge in [-0.1, -0.05) is 18.3 Å². The van der Waals surface area contributed by atoms with Gasteiger partial charge >= 0.3 is 0 Å². The van der Waals surface area contributed by atoms with E-state index >= 15 is 0 Å². The highest BCUT2D eigenvalue weighted by molar-refractivity contribution is 7.80. The molecule has 2 aromatic heterocycles. The molecule has 21 heavy (non-hydrogen) atoms. The number of thiocarbonyl (C=S) groups is 1. The van der Waals surface area contributed by atoms with Crippen LogP contribution in [0.25, 0.3) is 0 Å². The standard InChI is InChI=1S/C15H18N4OS/c1-20-13-4-5-15(18-10-13)19(8-6-14(16)21)11-12-3-2-7-17-9-12/h2-5,7,9-10H,6,8,11H2,1H3,(H2,16,21). The zero-order valence-electron chi connectivity index (χ0n) is 11.9. The Balaban J connectivity index is 2.15. The van der Waals surface area contributed by atoms with Gasteiger partial charge in [-0.15, -0.1) is 0 Å². The van der Waals surface area contributed by atoms with E-state index < -0.39 is 0 Å². The van der Waals surface area contributed by atoms with Crippen LogP contribution in [0.15, 0.2) is 42.9 Å². The average molecular weight is 302 g/mol. The van der Waals surface area contributed by atoms with E-state index in [0.717, 1.165) is 17.1 Å². The second kappa shape index (κ2) is 7.54. The van der Waals surface area contributed by atoms with Crippen LogP contribution in [0.2, 0.25) is 0 Å². The Morgan fingerprint density at radius 3 is 2.76 bits per heavy atom. The number of nitrogens with zero attached hydrogens (tertiary/aromatic N) is 3. The van der Waals surface area contributed by atoms with Gasteiger partial charge in [-0.3, -0.25) is 4.98 Å². The normalized spacial score (nSPS) is 10.1. The van der Waals surface area contributed by atoms with Gasteiger partial charge in [-0.05, 0) is 23.8 Å². The fraction of sp³-hybridized carbons (Fsp3) is 0.267. The molecule has 5 nitrogen and oxygen atoms in total. The number of rotatable bonds is 7. The molecule has 0 fully saturated rings. The number of pyridine rings is 2. The summed E-state index contributed by atoms with van der Waals surface area (Å²) >= 11 is 4.97. The monoisotopic (exact) mass is 302 g/mol. The summed E-state index contributed by atoms with van der Waals surface area (Å²) < 4.78 is 5.13. The zero-order chi connectivity index (χ0) is 15.1. The van der Waals surface area contributed by atoms with Gasteiger partial charge in [0.2, 0.25) is 0 Å². The maximum Gasteiger partial charge on any atom is 0.137 e. The molecule has 0 aromatic carbocycles. The third-order valence-electron chi connectivity index (χ3n) is 3.00. The van der Waals surface area contributed by atoms with Gasteiger partial charge in [0.25, 0.3) is 0 Å². The molecule has 6 heteroatoms. The first kappa shape index (κ1) is 15.2. The van der Waals surface area contributed by atoms with Crippen molar-refractivity contribution in [2.75, 3.05) is 18.6 Å². The van der Waals surface area contributed by atoms with Gasteiger partial charge in [-0.2, -0.15) is 0 Å². The maximum atomic E-state index is 5.61. The molecule has 0 amide bonds. The molecule has 2 heterocycles. The summed E-state index contributed by atoms with van der Waals surface area (Å²) in [6.07, 6.45) is 5.95. The number of hydrogen-bond donors (Lipinski definition) is 1. The third-order valence-corrected chi connectivity index (χ3v) is 3.21. The maximum absolute atomic E-state index is 5.61. The lowest BCUT2D eigenvalue weighted by molar-refractivity contribution is 0.413. The number of methoxy groups -OCH3 is 1. The highest BCUT2D eigenvalue weighted by Crippen LogP contribution is 2.18. The van der Waals surface area contributed by atoms with Crippen LogP contribution in [0.4, 0.5) is 5.82 Å². The predicted octanol–water partition coefficient (Wildman–Crippen LogP) is 2.17. The predicted molar refractivity (Wildman–Crippen MR) is 87.5 cm³/mol. The number of nitrogens with two attached hydrogens (primary N) is 1. The minimum absolute atomic E-state index is 0.500. The average Bonchev–Trinajstić information content (AvgIpc) is 2.52. The number of ether oxygens (including phenoxy) is 1. The molecule has 110 valence electrons. The summed E-state index contributed by atoms with van der Waals surface area (Å²) in [7, 11) is 1.62. The zero-order valence-corrected chi connectivity index (χ0v) is 12.7. The molecule has 2 aromatic rings. The number of aromatic nitrogens is 2. The summed E-state index contributed by atoms with van der Waals surface area (Å²) in [6, 6.07) is 7.76. The van der Waals surface area contributed by atoms with Gasteiger partial charge < -0.3 is 15.4 Å². The van der Waals surface area contributed by atoms with Crippen molar-refractivity contribution in [2.24, 2.45) is 5.73 Å². The molecule has 0 spiro atoms. The Morgan fingerprint density at radius 2 is 2.19 bits per heavy atom. The second-order valence-corrected chi connectivity index (χ2v) is 5.08. The smallest absolute Gasteiger partial charge is 0.137 e. The molecule has 0 aliphatic carbocycles. The second-order valence-electron chi connectivity index (χ2n) is 4.56. The summed E-state index contributed by atoms with van der Waals surface area (Å²) in [6.45, 7) is 1.42. The highest BCUT2D eigenvalue weighted by atomic mass is 32.1. The van der Waals surface area contributed by atoms with Crippen molar-refractivity contribution < 1.29 is 4.74 Å². The topological polar surface area (TPSA) is 64.3 Å². The third kappa shape index (κ3) is 4.68. The van der Waals surface area contributed by atoms with Gasteiger partial charge in [0.05, 0.1) is 18.3 Å². The molecular weight excluding hydrogens is 284 g/mol. The molecule has 0 saturated heterocycles. The van der Waals surface area contributed by atoms with Crippen molar-refractivity contribution in [1.82, 2.24) is 9.97 Å². The molecule has 0 unspecified atom stereocenters. The Kier molecular flexibility index (Phi) is 5.45. The Bertz CT molecular complexity index is 574. The van der Waals surface area contributed by atoms with Crippen molar-refractivity contribution in [2.45, 2.75) is 13.0 Å². The van der Waals surface area contributed by atoms with Crippen LogP contribution in [0.3, 0.4) is 0 Å². The molecule has 2 N–H and O–H groups in total.